The Morgan fingerprint density at radius 2 is 2.00 bits per heavy atom. The Bertz CT molecular complexity index is 267. The molecule has 0 aromatic heterocycles. The Morgan fingerprint density at radius 3 is 2.36 bits per heavy atom. The smallest absolute Gasteiger partial charge is 0.374 e. The third-order valence-electron chi connectivity index (χ3n) is 1.54. The van der Waals surface area contributed by atoms with Crippen LogP contribution in [0.1, 0.15) is 13.8 Å². The second-order valence-electron chi connectivity index (χ2n) is 3.22. The number of hydrogen-bond acceptors (Lipinski definition) is 4. The van der Waals surface area contributed by atoms with Gasteiger partial charge in [0.25, 0.3) is 0 Å². The third-order valence-corrected chi connectivity index (χ3v) is 2.76. The first-order valence-electron chi connectivity index (χ1n) is 4.28. The molecule has 0 bridgehead atoms. The molecule has 0 radical (unpaired) electrons. The molecule has 0 spiro atoms. The molecule has 2 atom stereocenters. The fourth-order valence-corrected chi connectivity index (χ4v) is 2.18. The second-order valence-corrected chi connectivity index (χ2v) is 5.69. The number of carbonyl (C=O) groups excluding carboxylic acids is 2. The van der Waals surface area contributed by atoms with Crippen LogP contribution in [0, 0.1) is 5.92 Å². The topological polar surface area (TPSA) is 80.7 Å². The van der Waals surface area contributed by atoms with Crippen LogP contribution in [0.5, 0.6) is 0 Å². The van der Waals surface area contributed by atoms with E-state index in [-0.39, 0.29) is 12.8 Å². The van der Waals surface area contributed by atoms with Gasteiger partial charge in [-0.15, -0.1) is 0 Å². The van der Waals surface area contributed by atoms with Crippen molar-refractivity contribution in [3.05, 3.63) is 0 Å². The van der Waals surface area contributed by atoms with Crippen LogP contribution in [0.4, 0.5) is 0 Å². The normalized spacial score (nSPS) is 16.9. The molecule has 6 heteroatoms. The zero-order valence-corrected chi connectivity index (χ0v) is 9.41. The quantitative estimate of drug-likeness (QED) is 0.419. The van der Waals surface area contributed by atoms with Crippen molar-refractivity contribution in [2.45, 2.75) is 13.8 Å². The second kappa shape index (κ2) is 5.27. The SMILES string of the molecule is CCOC(=O)C(=O)C(C)CP(C)(=O)O. The summed E-state index contributed by atoms with van der Waals surface area (Å²) in [7, 11) is -3.26. The van der Waals surface area contributed by atoms with Gasteiger partial charge in [-0.05, 0) is 6.92 Å². The molecule has 0 saturated heterocycles. The van der Waals surface area contributed by atoms with E-state index in [2.05, 4.69) is 4.74 Å². The largest absolute Gasteiger partial charge is 0.460 e. The van der Waals surface area contributed by atoms with Crippen LogP contribution < -0.4 is 0 Å². The maximum atomic E-state index is 11.2. The van der Waals surface area contributed by atoms with Gasteiger partial charge in [0.2, 0.25) is 5.78 Å². The van der Waals surface area contributed by atoms with E-state index >= 15 is 0 Å². The highest BCUT2D eigenvalue weighted by atomic mass is 31.2. The number of ketones is 1. The standard InChI is InChI=1S/C8H15O5P/c1-4-13-8(10)7(9)6(2)5-14(3,11)12/h6H,4-5H2,1-3H3,(H,11,12). The van der Waals surface area contributed by atoms with Crippen molar-refractivity contribution in [2.24, 2.45) is 5.92 Å². The summed E-state index contributed by atoms with van der Waals surface area (Å²) in [5.74, 6) is -2.45. The van der Waals surface area contributed by atoms with Crippen LogP contribution in [-0.4, -0.2) is 36.1 Å². The number of ether oxygens (including phenoxy) is 1. The summed E-state index contributed by atoms with van der Waals surface area (Å²) in [6, 6.07) is 0. The highest BCUT2D eigenvalue weighted by molar-refractivity contribution is 7.57. The molecule has 0 aliphatic carbocycles. The summed E-state index contributed by atoms with van der Waals surface area (Å²) in [4.78, 5) is 31.1. The minimum Gasteiger partial charge on any atom is -0.460 e. The lowest BCUT2D eigenvalue weighted by molar-refractivity contribution is -0.154. The first-order valence-corrected chi connectivity index (χ1v) is 6.57. The first kappa shape index (κ1) is 13.3. The molecule has 0 rings (SSSR count). The van der Waals surface area contributed by atoms with Crippen molar-refractivity contribution in [1.29, 1.82) is 0 Å². The van der Waals surface area contributed by atoms with Gasteiger partial charge in [-0.25, -0.2) is 4.79 Å². The van der Waals surface area contributed by atoms with E-state index in [9.17, 15) is 14.2 Å². The molecular weight excluding hydrogens is 207 g/mol. The van der Waals surface area contributed by atoms with Crippen LogP contribution in [0.25, 0.3) is 0 Å². The first-order chi connectivity index (χ1) is 6.28. The molecule has 0 heterocycles. The molecule has 0 saturated carbocycles. The zero-order valence-electron chi connectivity index (χ0n) is 8.52. The van der Waals surface area contributed by atoms with Crippen molar-refractivity contribution in [1.82, 2.24) is 0 Å². The molecule has 14 heavy (non-hydrogen) atoms. The van der Waals surface area contributed by atoms with E-state index < -0.39 is 25.0 Å². The minimum absolute atomic E-state index is 0.125. The number of Topliss-reactive ketones (excluding diaryl/α,β-unsaturated/α-hetero) is 1. The lowest BCUT2D eigenvalue weighted by Crippen LogP contribution is -2.26. The monoisotopic (exact) mass is 222 g/mol. The van der Waals surface area contributed by atoms with Gasteiger partial charge in [-0.2, -0.15) is 0 Å². The Balaban J connectivity index is 4.26. The molecule has 0 aliphatic heterocycles. The highest BCUT2D eigenvalue weighted by Crippen LogP contribution is 2.37. The minimum atomic E-state index is -3.26. The van der Waals surface area contributed by atoms with Gasteiger partial charge in [0.1, 0.15) is 0 Å². The Kier molecular flexibility index (Phi) is 5.02. The Morgan fingerprint density at radius 1 is 1.50 bits per heavy atom. The highest BCUT2D eigenvalue weighted by Gasteiger charge is 2.27. The van der Waals surface area contributed by atoms with Gasteiger partial charge in [-0.3, -0.25) is 9.36 Å². The predicted molar refractivity (Wildman–Crippen MR) is 51.4 cm³/mol. The summed E-state index contributed by atoms with van der Waals surface area (Å²) in [5.41, 5.74) is 0. The van der Waals surface area contributed by atoms with E-state index in [0.29, 0.717) is 0 Å². The van der Waals surface area contributed by atoms with Crippen molar-refractivity contribution >= 4 is 19.1 Å². The fraction of sp³-hybridized carbons (Fsp3) is 0.750. The van der Waals surface area contributed by atoms with Gasteiger partial charge >= 0.3 is 5.97 Å². The van der Waals surface area contributed by atoms with Crippen molar-refractivity contribution < 1.29 is 23.8 Å². The number of esters is 1. The van der Waals surface area contributed by atoms with Crippen LogP contribution in [-0.2, 0) is 18.9 Å². The van der Waals surface area contributed by atoms with E-state index in [1.807, 2.05) is 0 Å². The molecule has 0 aliphatic rings. The number of carbonyl (C=O) groups is 2. The third kappa shape index (κ3) is 5.14. The van der Waals surface area contributed by atoms with Crippen molar-refractivity contribution in [2.75, 3.05) is 19.4 Å². The van der Waals surface area contributed by atoms with E-state index in [1.165, 1.54) is 6.92 Å². The predicted octanol–water partition coefficient (Wildman–Crippen LogP) is 0.655. The molecule has 0 aromatic rings. The van der Waals surface area contributed by atoms with E-state index in [0.717, 1.165) is 6.66 Å². The van der Waals surface area contributed by atoms with Crippen molar-refractivity contribution in [3.63, 3.8) is 0 Å². The maximum Gasteiger partial charge on any atom is 0.374 e. The molecule has 2 unspecified atom stereocenters. The lowest BCUT2D eigenvalue weighted by atomic mass is 10.1. The van der Waals surface area contributed by atoms with Gasteiger partial charge in [-0.1, -0.05) is 6.92 Å². The molecule has 82 valence electrons. The summed E-state index contributed by atoms with van der Waals surface area (Å²) in [5, 5.41) is 0. The van der Waals surface area contributed by atoms with Crippen LogP contribution in [0.15, 0.2) is 0 Å². The maximum absolute atomic E-state index is 11.2. The van der Waals surface area contributed by atoms with E-state index in [4.69, 9.17) is 4.89 Å². The summed E-state index contributed by atoms with van der Waals surface area (Å²) in [6.07, 6.45) is -0.190. The number of hydrogen-bond donors (Lipinski definition) is 1. The molecule has 5 nitrogen and oxygen atoms in total. The summed E-state index contributed by atoms with van der Waals surface area (Å²) in [6.45, 7) is 4.31. The molecule has 0 aromatic carbocycles. The van der Waals surface area contributed by atoms with Gasteiger partial charge < -0.3 is 9.63 Å². The van der Waals surface area contributed by atoms with Gasteiger partial charge in [0, 0.05) is 18.7 Å². The molecule has 0 fully saturated rings. The van der Waals surface area contributed by atoms with Crippen LogP contribution in [0.2, 0.25) is 0 Å². The van der Waals surface area contributed by atoms with Gasteiger partial charge in [0.05, 0.1) is 6.61 Å². The lowest BCUT2D eigenvalue weighted by Gasteiger charge is -2.11. The average molecular weight is 222 g/mol. The molecule has 0 amide bonds. The zero-order chi connectivity index (χ0) is 11.4. The summed E-state index contributed by atoms with van der Waals surface area (Å²) >= 11 is 0. The number of rotatable bonds is 5. The molecular formula is C8H15O5P. The molecule has 1 N–H and O–H groups in total. The Labute approximate surface area is 82.9 Å². The van der Waals surface area contributed by atoms with Crippen molar-refractivity contribution in [3.8, 4) is 0 Å². The van der Waals surface area contributed by atoms with Crippen LogP contribution >= 0.6 is 7.37 Å². The average Bonchev–Trinajstić information content (AvgIpc) is 2.00. The fourth-order valence-electron chi connectivity index (χ4n) is 0.994. The van der Waals surface area contributed by atoms with Crippen LogP contribution in [0.3, 0.4) is 0 Å². The van der Waals surface area contributed by atoms with E-state index in [1.54, 1.807) is 6.92 Å². The summed E-state index contributed by atoms with van der Waals surface area (Å²) < 4.78 is 15.4. The Hall–Kier alpha value is -0.670. The van der Waals surface area contributed by atoms with Gasteiger partial charge in [0.15, 0.2) is 7.37 Å².